The second-order valence-electron chi connectivity index (χ2n) is 5.60. The molecule has 126 valence electrons. The summed E-state index contributed by atoms with van der Waals surface area (Å²) in [5.41, 5.74) is 1.95. The fourth-order valence-electron chi connectivity index (χ4n) is 2.46. The Bertz CT molecular complexity index is 896. The highest BCUT2D eigenvalue weighted by molar-refractivity contribution is 7.09. The van der Waals surface area contributed by atoms with E-state index in [1.165, 1.54) is 9.44 Å². The van der Waals surface area contributed by atoms with Crippen molar-refractivity contribution in [2.45, 2.75) is 19.4 Å². The first-order chi connectivity index (χ1) is 11.5. The number of fused-ring (bicyclic) bond motifs is 1. The van der Waals surface area contributed by atoms with E-state index < -0.39 is 5.76 Å². The van der Waals surface area contributed by atoms with Gasteiger partial charge in [0.2, 0.25) is 5.91 Å². The Hall–Kier alpha value is -2.54. The summed E-state index contributed by atoms with van der Waals surface area (Å²) < 4.78 is 6.60. The SMILES string of the molecule is C[C@H](Nc1ccc2c(c1)oc(=O)n2C)C(=O)NCCc1cccs1. The smallest absolute Gasteiger partial charge is 0.408 e. The van der Waals surface area contributed by atoms with Crippen LogP contribution < -0.4 is 16.4 Å². The molecule has 0 spiro atoms. The fraction of sp³-hybridized carbons (Fsp3) is 0.294. The zero-order chi connectivity index (χ0) is 17.1. The van der Waals surface area contributed by atoms with Crippen LogP contribution in [0.1, 0.15) is 11.8 Å². The molecule has 0 unspecified atom stereocenters. The van der Waals surface area contributed by atoms with Gasteiger partial charge in [0, 0.05) is 30.2 Å². The monoisotopic (exact) mass is 345 g/mol. The standard InChI is InChI=1S/C17H19N3O3S/c1-11(16(21)18-8-7-13-4-3-9-24-13)19-12-5-6-14-15(10-12)23-17(22)20(14)2/h3-6,9-11,19H,7-8H2,1-2H3,(H,18,21)/t11-/m0/s1. The van der Waals surface area contributed by atoms with Gasteiger partial charge in [-0.2, -0.15) is 0 Å². The first-order valence-corrected chi connectivity index (χ1v) is 8.59. The van der Waals surface area contributed by atoms with E-state index in [1.54, 1.807) is 37.4 Å². The van der Waals surface area contributed by atoms with E-state index in [-0.39, 0.29) is 11.9 Å². The molecule has 0 aliphatic carbocycles. The third-order valence-corrected chi connectivity index (χ3v) is 4.76. The molecule has 1 aromatic carbocycles. The van der Waals surface area contributed by atoms with Crippen molar-refractivity contribution in [1.29, 1.82) is 0 Å². The molecule has 0 bridgehead atoms. The van der Waals surface area contributed by atoms with E-state index in [0.717, 1.165) is 17.6 Å². The van der Waals surface area contributed by atoms with Crippen LogP contribution in [-0.4, -0.2) is 23.1 Å². The minimum atomic E-state index is -0.401. The van der Waals surface area contributed by atoms with Crippen molar-refractivity contribution in [2.75, 3.05) is 11.9 Å². The highest BCUT2D eigenvalue weighted by Gasteiger charge is 2.13. The molecule has 2 aromatic heterocycles. The molecular weight excluding hydrogens is 326 g/mol. The topological polar surface area (TPSA) is 76.3 Å². The van der Waals surface area contributed by atoms with Crippen LogP contribution in [-0.2, 0) is 18.3 Å². The molecule has 0 fully saturated rings. The maximum Gasteiger partial charge on any atom is 0.419 e. The lowest BCUT2D eigenvalue weighted by molar-refractivity contribution is -0.121. The van der Waals surface area contributed by atoms with Gasteiger partial charge in [-0.3, -0.25) is 9.36 Å². The van der Waals surface area contributed by atoms with Gasteiger partial charge in [-0.15, -0.1) is 11.3 Å². The number of oxazole rings is 1. The Morgan fingerprint density at radius 2 is 2.21 bits per heavy atom. The van der Waals surface area contributed by atoms with E-state index in [1.807, 2.05) is 17.5 Å². The molecule has 0 saturated carbocycles. The summed E-state index contributed by atoms with van der Waals surface area (Å²) >= 11 is 1.68. The zero-order valence-electron chi connectivity index (χ0n) is 13.5. The molecule has 2 N–H and O–H groups in total. The second kappa shape index (κ2) is 6.92. The third kappa shape index (κ3) is 3.51. The molecule has 0 aliphatic rings. The van der Waals surface area contributed by atoms with Crippen molar-refractivity contribution < 1.29 is 9.21 Å². The average Bonchev–Trinajstić information content (AvgIpc) is 3.16. The number of carbonyl (C=O) groups excluding carboxylic acids is 1. The first-order valence-electron chi connectivity index (χ1n) is 7.71. The van der Waals surface area contributed by atoms with Crippen LogP contribution in [0.4, 0.5) is 5.69 Å². The normalized spacial score (nSPS) is 12.2. The lowest BCUT2D eigenvalue weighted by Gasteiger charge is -2.15. The van der Waals surface area contributed by atoms with Crippen LogP contribution in [0.5, 0.6) is 0 Å². The van der Waals surface area contributed by atoms with Gasteiger partial charge in [0.05, 0.1) is 5.52 Å². The van der Waals surface area contributed by atoms with Gasteiger partial charge < -0.3 is 15.1 Å². The lowest BCUT2D eigenvalue weighted by Crippen LogP contribution is -2.38. The van der Waals surface area contributed by atoms with Gasteiger partial charge >= 0.3 is 5.76 Å². The quantitative estimate of drug-likeness (QED) is 0.719. The first kappa shape index (κ1) is 16.3. The number of hydrogen-bond donors (Lipinski definition) is 2. The number of thiophene rings is 1. The summed E-state index contributed by atoms with van der Waals surface area (Å²) in [5.74, 6) is -0.470. The molecule has 1 amide bonds. The molecular formula is C17H19N3O3S. The largest absolute Gasteiger partial charge is 0.419 e. The van der Waals surface area contributed by atoms with Gasteiger partial charge in [-0.25, -0.2) is 4.79 Å². The maximum absolute atomic E-state index is 12.1. The Morgan fingerprint density at radius 1 is 1.38 bits per heavy atom. The summed E-state index contributed by atoms with van der Waals surface area (Å²) in [6.07, 6.45) is 0.831. The van der Waals surface area contributed by atoms with Crippen LogP contribution in [0, 0.1) is 0 Å². The highest BCUT2D eigenvalue weighted by atomic mass is 32.1. The molecule has 3 aromatic rings. The van der Waals surface area contributed by atoms with Crippen molar-refractivity contribution in [3.8, 4) is 0 Å². The van der Waals surface area contributed by atoms with Gasteiger partial charge in [0.1, 0.15) is 6.04 Å². The second-order valence-corrected chi connectivity index (χ2v) is 6.63. The fourth-order valence-corrected chi connectivity index (χ4v) is 3.16. The molecule has 3 rings (SSSR count). The van der Waals surface area contributed by atoms with Crippen LogP contribution in [0.15, 0.2) is 44.9 Å². The number of aryl methyl sites for hydroxylation is 1. The molecule has 2 heterocycles. The Kier molecular flexibility index (Phi) is 4.71. The molecule has 0 aliphatic heterocycles. The lowest BCUT2D eigenvalue weighted by atomic mass is 10.2. The number of amides is 1. The number of anilines is 1. The molecule has 7 heteroatoms. The minimum Gasteiger partial charge on any atom is -0.408 e. The Balaban J connectivity index is 1.58. The summed E-state index contributed by atoms with van der Waals surface area (Å²) in [5, 5.41) is 8.07. The van der Waals surface area contributed by atoms with E-state index in [9.17, 15) is 9.59 Å². The summed E-state index contributed by atoms with van der Waals surface area (Å²) in [6.45, 7) is 2.41. The number of hydrogen-bond acceptors (Lipinski definition) is 5. The number of rotatable bonds is 6. The zero-order valence-corrected chi connectivity index (χ0v) is 14.4. The average molecular weight is 345 g/mol. The number of nitrogens with zero attached hydrogens (tertiary/aromatic N) is 1. The molecule has 6 nitrogen and oxygen atoms in total. The summed E-state index contributed by atoms with van der Waals surface area (Å²) in [4.78, 5) is 24.9. The minimum absolute atomic E-state index is 0.0684. The van der Waals surface area contributed by atoms with Crippen molar-refractivity contribution >= 4 is 34.0 Å². The van der Waals surface area contributed by atoms with Crippen LogP contribution in [0.2, 0.25) is 0 Å². The predicted octanol–water partition coefficient (Wildman–Crippen LogP) is 2.35. The van der Waals surface area contributed by atoms with Crippen molar-refractivity contribution in [3.05, 3.63) is 51.1 Å². The number of aromatic nitrogens is 1. The Labute approximate surface area is 143 Å². The summed E-state index contributed by atoms with van der Waals surface area (Å²) in [6, 6.07) is 9.02. The predicted molar refractivity (Wildman–Crippen MR) is 95.6 cm³/mol. The van der Waals surface area contributed by atoms with E-state index in [2.05, 4.69) is 16.7 Å². The maximum atomic E-state index is 12.1. The van der Waals surface area contributed by atoms with Crippen molar-refractivity contribution in [2.24, 2.45) is 7.05 Å². The molecule has 24 heavy (non-hydrogen) atoms. The van der Waals surface area contributed by atoms with Crippen molar-refractivity contribution in [1.82, 2.24) is 9.88 Å². The van der Waals surface area contributed by atoms with Crippen LogP contribution in [0.25, 0.3) is 11.1 Å². The van der Waals surface area contributed by atoms with Gasteiger partial charge in [-0.1, -0.05) is 6.07 Å². The molecule has 0 saturated heterocycles. The molecule has 0 radical (unpaired) electrons. The van der Waals surface area contributed by atoms with E-state index in [4.69, 9.17) is 4.42 Å². The Morgan fingerprint density at radius 3 is 2.96 bits per heavy atom. The highest BCUT2D eigenvalue weighted by Crippen LogP contribution is 2.18. The summed E-state index contributed by atoms with van der Waals surface area (Å²) in [7, 11) is 1.66. The number of benzene rings is 1. The van der Waals surface area contributed by atoms with Gasteiger partial charge in [0.25, 0.3) is 0 Å². The van der Waals surface area contributed by atoms with E-state index in [0.29, 0.717) is 12.1 Å². The van der Waals surface area contributed by atoms with Gasteiger partial charge in [-0.05, 0) is 36.9 Å². The van der Waals surface area contributed by atoms with Crippen LogP contribution >= 0.6 is 11.3 Å². The number of nitrogens with one attached hydrogen (secondary N) is 2. The van der Waals surface area contributed by atoms with Gasteiger partial charge in [0.15, 0.2) is 5.58 Å². The molecule has 1 atom stereocenters. The van der Waals surface area contributed by atoms with Crippen molar-refractivity contribution in [3.63, 3.8) is 0 Å². The number of carbonyl (C=O) groups is 1. The third-order valence-electron chi connectivity index (χ3n) is 3.82. The van der Waals surface area contributed by atoms with Crippen LogP contribution in [0.3, 0.4) is 0 Å². The van der Waals surface area contributed by atoms with E-state index >= 15 is 0 Å².